The van der Waals surface area contributed by atoms with E-state index in [1.54, 1.807) is 17.5 Å². The molecular formula is C15H13N3OS. The van der Waals surface area contributed by atoms with E-state index in [0.717, 1.165) is 23.1 Å². The van der Waals surface area contributed by atoms with Crippen molar-refractivity contribution >= 4 is 21.6 Å². The van der Waals surface area contributed by atoms with Crippen molar-refractivity contribution in [1.29, 1.82) is 0 Å². The number of thiophene rings is 1. The van der Waals surface area contributed by atoms with Crippen LogP contribution in [0.5, 0.6) is 0 Å². The summed E-state index contributed by atoms with van der Waals surface area (Å²) in [4.78, 5) is 26.3. The number of hydrogen-bond donors (Lipinski definition) is 1. The van der Waals surface area contributed by atoms with Crippen LogP contribution in [0.25, 0.3) is 21.7 Å². The number of aryl methyl sites for hydroxylation is 2. The van der Waals surface area contributed by atoms with E-state index >= 15 is 0 Å². The van der Waals surface area contributed by atoms with Crippen molar-refractivity contribution in [3.63, 3.8) is 0 Å². The maximum absolute atomic E-state index is 12.4. The summed E-state index contributed by atoms with van der Waals surface area (Å²) >= 11 is 1.66. The number of nitrogens with one attached hydrogen (secondary N) is 1. The molecule has 3 aromatic heterocycles. The molecule has 0 saturated carbocycles. The molecule has 3 heterocycles. The summed E-state index contributed by atoms with van der Waals surface area (Å²) in [5.74, 6) is 0.557. The van der Waals surface area contributed by atoms with Gasteiger partial charge in [0.05, 0.1) is 5.39 Å². The first-order chi connectivity index (χ1) is 9.83. The average Bonchev–Trinajstić information content (AvgIpc) is 2.87. The Bertz CT molecular complexity index is 835. The summed E-state index contributed by atoms with van der Waals surface area (Å²) in [7, 11) is 0. The van der Waals surface area contributed by atoms with Gasteiger partial charge in [-0.25, -0.2) is 4.98 Å². The lowest BCUT2D eigenvalue weighted by atomic mass is 9.97. The molecule has 1 aliphatic rings. The Morgan fingerprint density at radius 2 is 2.10 bits per heavy atom. The van der Waals surface area contributed by atoms with Crippen LogP contribution < -0.4 is 5.56 Å². The molecule has 0 aromatic carbocycles. The van der Waals surface area contributed by atoms with Crippen LogP contribution >= 0.6 is 11.3 Å². The Kier molecular flexibility index (Phi) is 2.67. The van der Waals surface area contributed by atoms with E-state index < -0.39 is 0 Å². The molecule has 0 bridgehead atoms. The minimum absolute atomic E-state index is 0.0324. The number of fused-ring (bicyclic) bond motifs is 3. The van der Waals surface area contributed by atoms with E-state index in [-0.39, 0.29) is 5.56 Å². The Labute approximate surface area is 119 Å². The van der Waals surface area contributed by atoms with Gasteiger partial charge in [0.2, 0.25) is 0 Å². The molecule has 1 aliphatic carbocycles. The molecular weight excluding hydrogens is 270 g/mol. The summed E-state index contributed by atoms with van der Waals surface area (Å²) in [6.45, 7) is 0. The zero-order chi connectivity index (χ0) is 13.5. The Hall–Kier alpha value is -2.01. The van der Waals surface area contributed by atoms with Gasteiger partial charge in [0.1, 0.15) is 10.5 Å². The minimum atomic E-state index is -0.0324. The van der Waals surface area contributed by atoms with Gasteiger partial charge in [-0.3, -0.25) is 9.78 Å². The highest BCUT2D eigenvalue weighted by atomic mass is 32.1. The summed E-state index contributed by atoms with van der Waals surface area (Å²) in [5.41, 5.74) is 1.89. The molecule has 0 atom stereocenters. The van der Waals surface area contributed by atoms with E-state index in [1.807, 2.05) is 18.2 Å². The third-order valence-corrected chi connectivity index (χ3v) is 4.92. The molecule has 4 nitrogen and oxygen atoms in total. The quantitative estimate of drug-likeness (QED) is 0.747. The molecule has 0 saturated heterocycles. The first kappa shape index (κ1) is 11.8. The van der Waals surface area contributed by atoms with Crippen molar-refractivity contribution in [3.05, 3.63) is 45.2 Å². The van der Waals surface area contributed by atoms with Crippen LogP contribution in [0.3, 0.4) is 0 Å². The maximum atomic E-state index is 12.4. The average molecular weight is 283 g/mol. The first-order valence-corrected chi connectivity index (χ1v) is 7.60. The number of aromatic nitrogens is 3. The van der Waals surface area contributed by atoms with E-state index in [2.05, 4.69) is 15.0 Å². The predicted molar refractivity (Wildman–Crippen MR) is 80.1 cm³/mol. The first-order valence-electron chi connectivity index (χ1n) is 6.79. The Balaban J connectivity index is 1.97. The van der Waals surface area contributed by atoms with Gasteiger partial charge in [0, 0.05) is 11.1 Å². The molecule has 4 rings (SSSR count). The van der Waals surface area contributed by atoms with Crippen LogP contribution in [-0.2, 0) is 12.8 Å². The molecule has 0 spiro atoms. The number of hydrogen-bond acceptors (Lipinski definition) is 4. The van der Waals surface area contributed by atoms with E-state index in [0.29, 0.717) is 11.5 Å². The van der Waals surface area contributed by atoms with Crippen molar-refractivity contribution in [3.8, 4) is 11.5 Å². The van der Waals surface area contributed by atoms with Crippen LogP contribution in [0.4, 0.5) is 0 Å². The van der Waals surface area contributed by atoms with Crippen molar-refractivity contribution < 1.29 is 0 Å². The fraction of sp³-hybridized carbons (Fsp3) is 0.267. The lowest BCUT2D eigenvalue weighted by Gasteiger charge is -2.09. The predicted octanol–water partition coefficient (Wildman–Crippen LogP) is 2.93. The number of H-pyrrole nitrogens is 1. The molecule has 0 amide bonds. The summed E-state index contributed by atoms with van der Waals surface area (Å²) in [6.07, 6.45) is 6.17. The third kappa shape index (κ3) is 1.78. The SMILES string of the molecule is O=c1[nH]c(-c2ccccn2)nc2sc3c(c12)CCCC3. The number of nitrogens with zero attached hydrogens (tertiary/aromatic N) is 2. The van der Waals surface area contributed by atoms with Crippen LogP contribution in [0, 0.1) is 0 Å². The zero-order valence-electron chi connectivity index (χ0n) is 10.8. The molecule has 100 valence electrons. The van der Waals surface area contributed by atoms with E-state index in [1.165, 1.54) is 23.3 Å². The van der Waals surface area contributed by atoms with Gasteiger partial charge in [0.15, 0.2) is 5.82 Å². The normalized spacial score (nSPS) is 14.4. The van der Waals surface area contributed by atoms with Crippen molar-refractivity contribution in [2.45, 2.75) is 25.7 Å². The van der Waals surface area contributed by atoms with Gasteiger partial charge in [-0.2, -0.15) is 0 Å². The fourth-order valence-corrected chi connectivity index (χ4v) is 4.05. The van der Waals surface area contributed by atoms with Crippen molar-refractivity contribution in [2.24, 2.45) is 0 Å². The number of rotatable bonds is 1. The molecule has 0 unspecified atom stereocenters. The summed E-state index contributed by atoms with van der Waals surface area (Å²) in [5, 5.41) is 0.796. The Morgan fingerprint density at radius 3 is 2.95 bits per heavy atom. The third-order valence-electron chi connectivity index (χ3n) is 3.73. The molecule has 20 heavy (non-hydrogen) atoms. The van der Waals surface area contributed by atoms with Gasteiger partial charge in [-0.1, -0.05) is 6.07 Å². The highest BCUT2D eigenvalue weighted by Gasteiger charge is 2.20. The largest absolute Gasteiger partial charge is 0.305 e. The lowest BCUT2D eigenvalue weighted by Crippen LogP contribution is -2.11. The van der Waals surface area contributed by atoms with E-state index in [9.17, 15) is 4.79 Å². The Morgan fingerprint density at radius 1 is 1.20 bits per heavy atom. The minimum Gasteiger partial charge on any atom is -0.305 e. The van der Waals surface area contributed by atoms with Crippen LogP contribution in [0.1, 0.15) is 23.3 Å². The lowest BCUT2D eigenvalue weighted by molar-refractivity contribution is 0.700. The second-order valence-electron chi connectivity index (χ2n) is 5.02. The second kappa shape index (κ2) is 4.52. The van der Waals surface area contributed by atoms with E-state index in [4.69, 9.17) is 0 Å². The molecule has 3 aromatic rings. The molecule has 0 aliphatic heterocycles. The summed E-state index contributed by atoms with van der Waals surface area (Å²) in [6, 6.07) is 5.60. The van der Waals surface area contributed by atoms with Crippen molar-refractivity contribution in [1.82, 2.24) is 15.0 Å². The molecule has 0 radical (unpaired) electrons. The standard InChI is InChI=1S/C15H13N3OS/c19-14-12-9-5-1-2-7-11(9)20-15(12)18-13(17-14)10-6-3-4-8-16-10/h3-4,6,8H,1-2,5,7H2,(H,17,18,19). The van der Waals surface area contributed by atoms with Gasteiger partial charge in [0.25, 0.3) is 5.56 Å². The van der Waals surface area contributed by atoms with Gasteiger partial charge in [-0.15, -0.1) is 11.3 Å². The zero-order valence-corrected chi connectivity index (χ0v) is 11.7. The monoisotopic (exact) mass is 283 g/mol. The second-order valence-corrected chi connectivity index (χ2v) is 6.10. The van der Waals surface area contributed by atoms with Crippen molar-refractivity contribution in [2.75, 3.05) is 0 Å². The highest BCUT2D eigenvalue weighted by molar-refractivity contribution is 7.18. The van der Waals surface area contributed by atoms with Gasteiger partial charge >= 0.3 is 0 Å². The molecule has 1 N–H and O–H groups in total. The molecule has 5 heteroatoms. The van der Waals surface area contributed by atoms with Gasteiger partial charge in [-0.05, 0) is 43.4 Å². The van der Waals surface area contributed by atoms with Gasteiger partial charge < -0.3 is 4.98 Å². The number of pyridine rings is 1. The van der Waals surface area contributed by atoms with Crippen LogP contribution in [-0.4, -0.2) is 15.0 Å². The fourth-order valence-electron chi connectivity index (χ4n) is 2.79. The summed E-state index contributed by atoms with van der Waals surface area (Å²) < 4.78 is 0. The smallest absolute Gasteiger partial charge is 0.260 e. The topological polar surface area (TPSA) is 58.6 Å². The van der Waals surface area contributed by atoms with Crippen LogP contribution in [0.15, 0.2) is 29.2 Å². The van der Waals surface area contributed by atoms with Crippen LogP contribution in [0.2, 0.25) is 0 Å². The molecule has 0 fully saturated rings. The maximum Gasteiger partial charge on any atom is 0.260 e. The highest BCUT2D eigenvalue weighted by Crippen LogP contribution is 2.33. The number of aromatic amines is 1.